The summed E-state index contributed by atoms with van der Waals surface area (Å²) in [6.45, 7) is 4.62. The minimum absolute atomic E-state index is 0.359. The van der Waals surface area contributed by atoms with Gasteiger partial charge in [0.2, 0.25) is 0 Å². The predicted molar refractivity (Wildman–Crippen MR) is 70.6 cm³/mol. The zero-order chi connectivity index (χ0) is 17.8. The molecule has 1 aliphatic rings. The molecule has 0 aromatic carbocycles. The van der Waals surface area contributed by atoms with Crippen molar-refractivity contribution in [1.82, 2.24) is 5.32 Å². The lowest BCUT2D eigenvalue weighted by molar-refractivity contribution is -0.125. The second kappa shape index (κ2) is 7.10. The van der Waals surface area contributed by atoms with Gasteiger partial charge in [-0.05, 0) is 25.0 Å². The van der Waals surface area contributed by atoms with Gasteiger partial charge in [0.05, 0.1) is 12.5 Å². The molecule has 1 N–H and O–H groups in total. The largest absolute Gasteiger partial charge is 0.439 e. The Balaban J connectivity index is 3.22. The average Bonchev–Trinajstić information content (AvgIpc) is 2.70. The number of cyclic esters (lactones) is 1. The number of nitrogens with one attached hydrogen (secondary N) is 1. The molecule has 0 spiro atoms. The summed E-state index contributed by atoms with van der Waals surface area (Å²) >= 11 is 0. The molecule has 0 radical (unpaired) electrons. The first kappa shape index (κ1) is 19.1. The summed E-state index contributed by atoms with van der Waals surface area (Å²) in [4.78, 5) is 11.1. The molecule has 1 heterocycles. The van der Waals surface area contributed by atoms with Crippen molar-refractivity contribution < 1.29 is 35.9 Å². The van der Waals surface area contributed by atoms with Gasteiger partial charge in [0.25, 0.3) is 0 Å². The van der Waals surface area contributed by atoms with Crippen LogP contribution in [-0.4, -0.2) is 30.6 Å². The van der Waals surface area contributed by atoms with Crippen LogP contribution in [-0.2, 0) is 4.74 Å². The van der Waals surface area contributed by atoms with Gasteiger partial charge in [-0.2, -0.15) is 26.3 Å². The predicted octanol–water partition coefficient (Wildman–Crippen LogP) is 4.43. The van der Waals surface area contributed by atoms with E-state index in [4.69, 9.17) is 4.74 Å². The molecule has 1 aliphatic heterocycles. The van der Waals surface area contributed by atoms with Crippen LogP contribution >= 0.6 is 0 Å². The number of carbonyl (C=O) groups excluding carboxylic acids is 1. The van der Waals surface area contributed by atoms with Crippen molar-refractivity contribution in [2.75, 3.05) is 0 Å². The SMILES string of the molecule is C=CC/C(=C\C(=C/CC(F)(F)F)C1OC(=O)NC1C)C(F)(F)F. The highest BCUT2D eigenvalue weighted by atomic mass is 19.4. The summed E-state index contributed by atoms with van der Waals surface area (Å²) in [6, 6.07) is -0.753. The molecule has 1 amide bonds. The maximum Gasteiger partial charge on any atom is 0.413 e. The summed E-state index contributed by atoms with van der Waals surface area (Å²) in [5.74, 6) is 0. The Morgan fingerprint density at radius 3 is 2.30 bits per heavy atom. The van der Waals surface area contributed by atoms with Crippen LogP contribution in [0.15, 0.2) is 36.0 Å². The first-order valence-electron chi connectivity index (χ1n) is 6.56. The van der Waals surface area contributed by atoms with E-state index in [2.05, 4.69) is 11.9 Å². The summed E-state index contributed by atoms with van der Waals surface area (Å²) in [5, 5.41) is 2.27. The van der Waals surface area contributed by atoms with E-state index in [9.17, 15) is 31.1 Å². The Kier molecular flexibility index (Phi) is 5.90. The fourth-order valence-electron chi connectivity index (χ4n) is 1.97. The monoisotopic (exact) mass is 343 g/mol. The van der Waals surface area contributed by atoms with Gasteiger partial charge in [-0.1, -0.05) is 12.2 Å². The highest BCUT2D eigenvalue weighted by molar-refractivity contribution is 5.71. The lowest BCUT2D eigenvalue weighted by Gasteiger charge is -2.18. The molecule has 0 aromatic heterocycles. The standard InChI is InChI=1S/C14H15F6NO2/c1-3-4-10(14(18,19)20)7-9(5-6-13(15,16)17)11-8(2)21-12(22)23-11/h3,5,7-8,11H,1,4,6H2,2H3,(H,21,22)/b9-5+,10-7+. The van der Waals surface area contributed by atoms with Crippen molar-refractivity contribution in [3.8, 4) is 0 Å². The molecule has 0 saturated carbocycles. The van der Waals surface area contributed by atoms with E-state index in [-0.39, 0.29) is 5.57 Å². The minimum atomic E-state index is -4.73. The maximum atomic E-state index is 12.9. The smallest absolute Gasteiger partial charge is 0.413 e. The van der Waals surface area contributed by atoms with Gasteiger partial charge in [-0.15, -0.1) is 6.58 Å². The second-order valence-corrected chi connectivity index (χ2v) is 4.94. The van der Waals surface area contributed by atoms with Crippen LogP contribution in [0.5, 0.6) is 0 Å². The van der Waals surface area contributed by atoms with Crippen LogP contribution in [0.4, 0.5) is 31.1 Å². The quantitative estimate of drug-likeness (QED) is 0.456. The van der Waals surface area contributed by atoms with Crippen LogP contribution in [0.1, 0.15) is 19.8 Å². The summed E-state index contributed by atoms with van der Waals surface area (Å²) in [6.07, 6.45) is -11.3. The molecular weight excluding hydrogens is 328 g/mol. The highest BCUT2D eigenvalue weighted by Gasteiger charge is 2.37. The first-order chi connectivity index (χ1) is 10.4. The highest BCUT2D eigenvalue weighted by Crippen LogP contribution is 2.32. The Morgan fingerprint density at radius 1 is 1.30 bits per heavy atom. The zero-order valence-corrected chi connectivity index (χ0v) is 12.1. The molecule has 2 unspecified atom stereocenters. The third-order valence-electron chi connectivity index (χ3n) is 3.00. The van der Waals surface area contributed by atoms with Crippen molar-refractivity contribution in [2.45, 2.75) is 44.3 Å². The van der Waals surface area contributed by atoms with Crippen LogP contribution in [0.25, 0.3) is 0 Å². The molecular formula is C14H15F6NO2. The number of halogens is 6. The minimum Gasteiger partial charge on any atom is -0.439 e. The third-order valence-corrected chi connectivity index (χ3v) is 3.00. The Morgan fingerprint density at radius 2 is 1.91 bits per heavy atom. The summed E-state index contributed by atoms with van der Waals surface area (Å²) in [7, 11) is 0. The number of ether oxygens (including phenoxy) is 1. The Bertz CT molecular complexity index is 518. The number of alkyl carbamates (subject to hydrolysis) is 1. The molecule has 9 heteroatoms. The van der Waals surface area contributed by atoms with E-state index >= 15 is 0 Å². The first-order valence-corrected chi connectivity index (χ1v) is 6.56. The molecule has 1 saturated heterocycles. The molecule has 0 bridgehead atoms. The Labute approximate surface area is 128 Å². The van der Waals surface area contributed by atoms with Crippen molar-refractivity contribution in [1.29, 1.82) is 0 Å². The third kappa shape index (κ3) is 5.99. The van der Waals surface area contributed by atoms with Crippen LogP contribution < -0.4 is 5.32 Å². The molecule has 1 fully saturated rings. The zero-order valence-electron chi connectivity index (χ0n) is 12.1. The van der Waals surface area contributed by atoms with Gasteiger partial charge in [-0.3, -0.25) is 0 Å². The van der Waals surface area contributed by atoms with E-state index in [0.29, 0.717) is 12.2 Å². The van der Waals surface area contributed by atoms with Crippen molar-refractivity contribution in [3.05, 3.63) is 36.0 Å². The molecule has 2 atom stereocenters. The molecule has 23 heavy (non-hydrogen) atoms. The second-order valence-electron chi connectivity index (χ2n) is 4.94. The maximum absolute atomic E-state index is 12.9. The van der Waals surface area contributed by atoms with Crippen LogP contribution in [0, 0.1) is 0 Å². The molecule has 130 valence electrons. The van der Waals surface area contributed by atoms with Gasteiger partial charge in [-0.25, -0.2) is 4.79 Å². The number of allylic oxidation sites excluding steroid dienone is 3. The number of hydrogen-bond donors (Lipinski definition) is 1. The fourth-order valence-corrected chi connectivity index (χ4v) is 1.97. The number of amides is 1. The van der Waals surface area contributed by atoms with Crippen LogP contribution in [0.3, 0.4) is 0 Å². The van der Waals surface area contributed by atoms with Gasteiger partial charge in [0.1, 0.15) is 6.10 Å². The number of alkyl halides is 6. The Hall–Kier alpha value is -1.93. The summed E-state index contributed by atoms with van der Waals surface area (Å²) < 4.78 is 80.6. The fraction of sp³-hybridized carbons (Fsp3) is 0.500. The number of rotatable bonds is 5. The average molecular weight is 343 g/mol. The van der Waals surface area contributed by atoms with E-state index < -0.39 is 49.0 Å². The van der Waals surface area contributed by atoms with Crippen LogP contribution in [0.2, 0.25) is 0 Å². The van der Waals surface area contributed by atoms with Crippen molar-refractivity contribution in [2.24, 2.45) is 0 Å². The summed E-state index contributed by atoms with van der Waals surface area (Å²) in [5.41, 5.74) is -1.43. The van der Waals surface area contributed by atoms with Gasteiger partial charge < -0.3 is 10.1 Å². The van der Waals surface area contributed by atoms with Gasteiger partial charge in [0.15, 0.2) is 0 Å². The molecule has 0 aromatic rings. The van der Waals surface area contributed by atoms with E-state index in [1.807, 2.05) is 0 Å². The van der Waals surface area contributed by atoms with Crippen molar-refractivity contribution in [3.63, 3.8) is 0 Å². The molecule has 3 nitrogen and oxygen atoms in total. The van der Waals surface area contributed by atoms with Gasteiger partial charge in [0, 0.05) is 5.57 Å². The normalized spacial score (nSPS) is 23.5. The lowest BCUT2D eigenvalue weighted by atomic mass is 9.98. The number of carbonyl (C=O) groups is 1. The van der Waals surface area contributed by atoms with E-state index in [1.165, 1.54) is 6.92 Å². The topological polar surface area (TPSA) is 38.3 Å². The van der Waals surface area contributed by atoms with E-state index in [1.54, 1.807) is 0 Å². The molecule has 0 aliphatic carbocycles. The number of hydrogen-bond acceptors (Lipinski definition) is 2. The molecule has 1 rings (SSSR count). The van der Waals surface area contributed by atoms with Gasteiger partial charge >= 0.3 is 18.4 Å². The van der Waals surface area contributed by atoms with Crippen molar-refractivity contribution >= 4 is 6.09 Å². The van der Waals surface area contributed by atoms with E-state index in [0.717, 1.165) is 6.08 Å². The lowest BCUT2D eigenvalue weighted by Crippen LogP contribution is -2.29.